The summed E-state index contributed by atoms with van der Waals surface area (Å²) in [5, 5.41) is 10.9. The highest BCUT2D eigenvalue weighted by molar-refractivity contribution is 9.10. The topological polar surface area (TPSA) is 86.5 Å². The van der Waals surface area contributed by atoms with Gasteiger partial charge in [0, 0.05) is 6.07 Å². The highest BCUT2D eigenvalue weighted by Gasteiger charge is 2.27. The monoisotopic (exact) mass is 371 g/mol. The van der Waals surface area contributed by atoms with E-state index < -0.39 is 25.6 Å². The first kappa shape index (κ1) is 15.5. The second-order valence-electron chi connectivity index (χ2n) is 4.20. The zero-order chi connectivity index (χ0) is 15.6. The van der Waals surface area contributed by atoms with E-state index in [1.54, 1.807) is 12.1 Å². The first-order valence-electron chi connectivity index (χ1n) is 5.75. The summed E-state index contributed by atoms with van der Waals surface area (Å²) in [7, 11) is -4.30. The fraction of sp³-hybridized carbons (Fsp3) is 0.0769. The van der Waals surface area contributed by atoms with Crippen molar-refractivity contribution >= 4 is 31.7 Å². The Morgan fingerprint density at radius 1 is 1.19 bits per heavy atom. The third-order valence-electron chi connectivity index (χ3n) is 2.62. The zero-order valence-corrected chi connectivity index (χ0v) is 13.2. The molecule has 0 aliphatic heterocycles. The van der Waals surface area contributed by atoms with Gasteiger partial charge < -0.3 is 4.18 Å². The molecule has 2 rings (SSSR count). The number of benzene rings is 2. The maximum Gasteiger partial charge on any atom is 0.346 e. The van der Waals surface area contributed by atoms with Crippen molar-refractivity contribution in [3.05, 3.63) is 62.6 Å². The molecule has 0 heterocycles. The van der Waals surface area contributed by atoms with Gasteiger partial charge in [-0.15, -0.1) is 0 Å². The molecule has 2 aromatic rings. The van der Waals surface area contributed by atoms with Gasteiger partial charge in [0.1, 0.15) is 0 Å². The highest BCUT2D eigenvalue weighted by atomic mass is 79.9. The molecule has 0 radical (unpaired) electrons. The van der Waals surface area contributed by atoms with Crippen molar-refractivity contribution < 1.29 is 17.5 Å². The van der Waals surface area contributed by atoms with E-state index in [1.807, 2.05) is 6.92 Å². The maximum absolute atomic E-state index is 12.2. The predicted molar refractivity (Wildman–Crippen MR) is 79.8 cm³/mol. The summed E-state index contributed by atoms with van der Waals surface area (Å²) < 4.78 is 29.9. The molecule has 2 aromatic carbocycles. The molecule has 0 aliphatic rings. The van der Waals surface area contributed by atoms with Crippen LogP contribution >= 0.6 is 15.9 Å². The predicted octanol–water partition coefficient (Wildman–Crippen LogP) is 3.43. The first-order valence-corrected chi connectivity index (χ1v) is 7.95. The Hall–Kier alpha value is -1.93. The number of nitro benzene ring substituents is 1. The number of hydrogen-bond donors (Lipinski definition) is 0. The minimum atomic E-state index is -4.30. The summed E-state index contributed by atoms with van der Waals surface area (Å²) in [6.07, 6.45) is 0. The lowest BCUT2D eigenvalue weighted by Crippen LogP contribution is -2.12. The number of nitro groups is 1. The fourth-order valence-corrected chi connectivity index (χ4v) is 3.45. The Balaban J connectivity index is 2.46. The summed E-state index contributed by atoms with van der Waals surface area (Å²) in [5.74, 6) is 0.0683. The van der Waals surface area contributed by atoms with Gasteiger partial charge in [0.25, 0.3) is 5.69 Å². The molecule has 0 aromatic heterocycles. The van der Waals surface area contributed by atoms with Gasteiger partial charge in [-0.05, 0) is 46.6 Å². The van der Waals surface area contributed by atoms with Gasteiger partial charge in [0.15, 0.2) is 10.6 Å². The van der Waals surface area contributed by atoms with Crippen LogP contribution in [0.2, 0.25) is 0 Å². The minimum Gasteiger partial charge on any atom is -0.378 e. The standard InChI is InChI=1S/C13H10BrNO5S/c1-9-6-7-12(10(14)8-9)20-21(18,19)13-5-3-2-4-11(13)15(16)17/h2-8H,1H3. The van der Waals surface area contributed by atoms with E-state index >= 15 is 0 Å². The summed E-state index contributed by atoms with van der Waals surface area (Å²) in [6, 6.07) is 9.87. The van der Waals surface area contributed by atoms with Crippen LogP contribution in [-0.4, -0.2) is 13.3 Å². The Morgan fingerprint density at radius 2 is 1.86 bits per heavy atom. The van der Waals surface area contributed by atoms with E-state index in [-0.39, 0.29) is 5.75 Å². The lowest BCUT2D eigenvalue weighted by atomic mass is 10.2. The van der Waals surface area contributed by atoms with E-state index in [0.717, 1.165) is 17.7 Å². The molecule has 0 spiro atoms. The lowest BCUT2D eigenvalue weighted by molar-refractivity contribution is -0.387. The smallest absolute Gasteiger partial charge is 0.346 e. The van der Waals surface area contributed by atoms with Gasteiger partial charge in [0.2, 0.25) is 0 Å². The molecular weight excluding hydrogens is 362 g/mol. The van der Waals surface area contributed by atoms with Gasteiger partial charge >= 0.3 is 10.1 Å². The average Bonchev–Trinajstić information content (AvgIpc) is 2.42. The van der Waals surface area contributed by atoms with Crippen molar-refractivity contribution in [2.45, 2.75) is 11.8 Å². The van der Waals surface area contributed by atoms with Crippen LogP contribution in [0, 0.1) is 17.0 Å². The SMILES string of the molecule is Cc1ccc(OS(=O)(=O)c2ccccc2[N+](=O)[O-])c(Br)c1. The summed E-state index contributed by atoms with van der Waals surface area (Å²) in [6.45, 7) is 1.84. The van der Waals surface area contributed by atoms with Gasteiger partial charge in [-0.3, -0.25) is 10.1 Å². The Morgan fingerprint density at radius 3 is 2.48 bits per heavy atom. The second kappa shape index (κ2) is 5.82. The normalized spacial score (nSPS) is 11.1. The summed E-state index contributed by atoms with van der Waals surface area (Å²) >= 11 is 3.20. The molecule has 0 unspecified atom stereocenters. The number of hydrogen-bond acceptors (Lipinski definition) is 5. The number of halogens is 1. The molecule has 8 heteroatoms. The van der Waals surface area contributed by atoms with Crippen LogP contribution in [0.1, 0.15) is 5.56 Å². The van der Waals surface area contributed by atoms with Crippen molar-refractivity contribution in [3.8, 4) is 5.75 Å². The number of nitrogens with zero attached hydrogens (tertiary/aromatic N) is 1. The Bertz CT molecular complexity index is 804. The van der Waals surface area contributed by atoms with Crippen LogP contribution in [0.15, 0.2) is 51.8 Å². The van der Waals surface area contributed by atoms with Crippen molar-refractivity contribution in [1.29, 1.82) is 0 Å². The molecule has 0 amide bonds. The molecular formula is C13H10BrNO5S. The molecule has 0 bridgehead atoms. The molecule has 0 saturated heterocycles. The molecule has 6 nitrogen and oxygen atoms in total. The van der Waals surface area contributed by atoms with Crippen molar-refractivity contribution in [2.75, 3.05) is 0 Å². The quantitative estimate of drug-likeness (QED) is 0.466. The van der Waals surface area contributed by atoms with Crippen LogP contribution in [0.5, 0.6) is 5.75 Å². The number of rotatable bonds is 4. The van der Waals surface area contributed by atoms with E-state index in [0.29, 0.717) is 4.47 Å². The molecule has 0 N–H and O–H groups in total. The lowest BCUT2D eigenvalue weighted by Gasteiger charge is -2.09. The summed E-state index contributed by atoms with van der Waals surface area (Å²) in [4.78, 5) is 9.66. The molecule has 0 saturated carbocycles. The van der Waals surface area contributed by atoms with Gasteiger partial charge in [-0.2, -0.15) is 8.42 Å². The van der Waals surface area contributed by atoms with E-state index in [1.165, 1.54) is 18.2 Å². The largest absolute Gasteiger partial charge is 0.378 e. The minimum absolute atomic E-state index is 0.0683. The number of aryl methyl sites for hydroxylation is 1. The van der Waals surface area contributed by atoms with E-state index in [2.05, 4.69) is 15.9 Å². The van der Waals surface area contributed by atoms with E-state index in [9.17, 15) is 18.5 Å². The second-order valence-corrected chi connectivity index (χ2v) is 6.57. The van der Waals surface area contributed by atoms with Crippen molar-refractivity contribution in [2.24, 2.45) is 0 Å². The summed E-state index contributed by atoms with van der Waals surface area (Å²) in [5.41, 5.74) is 0.387. The van der Waals surface area contributed by atoms with Crippen LogP contribution in [0.4, 0.5) is 5.69 Å². The molecule has 21 heavy (non-hydrogen) atoms. The fourth-order valence-electron chi connectivity index (χ4n) is 1.66. The number of para-hydroxylation sites is 1. The van der Waals surface area contributed by atoms with Crippen LogP contribution in [0.3, 0.4) is 0 Å². The Kier molecular flexibility index (Phi) is 4.29. The molecule has 0 fully saturated rings. The molecule has 0 aliphatic carbocycles. The first-order chi connectivity index (χ1) is 9.81. The third kappa shape index (κ3) is 3.40. The van der Waals surface area contributed by atoms with Crippen molar-refractivity contribution in [1.82, 2.24) is 0 Å². The Labute approximate surface area is 129 Å². The van der Waals surface area contributed by atoms with Crippen LogP contribution < -0.4 is 4.18 Å². The van der Waals surface area contributed by atoms with Crippen molar-refractivity contribution in [3.63, 3.8) is 0 Å². The van der Waals surface area contributed by atoms with Gasteiger partial charge in [-0.1, -0.05) is 18.2 Å². The molecule has 110 valence electrons. The van der Waals surface area contributed by atoms with Gasteiger partial charge in [-0.25, -0.2) is 0 Å². The maximum atomic E-state index is 12.2. The molecule has 0 atom stereocenters. The van der Waals surface area contributed by atoms with Gasteiger partial charge in [0.05, 0.1) is 9.40 Å². The highest BCUT2D eigenvalue weighted by Crippen LogP contribution is 2.31. The zero-order valence-electron chi connectivity index (χ0n) is 10.8. The van der Waals surface area contributed by atoms with Crippen LogP contribution in [0.25, 0.3) is 0 Å². The third-order valence-corrected chi connectivity index (χ3v) is 4.52. The van der Waals surface area contributed by atoms with Crippen LogP contribution in [-0.2, 0) is 10.1 Å². The van der Waals surface area contributed by atoms with E-state index in [4.69, 9.17) is 4.18 Å². The average molecular weight is 372 g/mol.